The molecule has 3 rings (SSSR count). The van der Waals surface area contributed by atoms with Gasteiger partial charge in [-0.2, -0.15) is 0 Å². The Bertz CT molecular complexity index is 887. The van der Waals surface area contributed by atoms with Crippen LogP contribution >= 0.6 is 0 Å². The van der Waals surface area contributed by atoms with Gasteiger partial charge in [0.1, 0.15) is 17.2 Å². The number of carbonyl (C=O) groups excluding carboxylic acids is 2. The van der Waals surface area contributed by atoms with E-state index in [-0.39, 0.29) is 17.5 Å². The first kappa shape index (κ1) is 18.5. The van der Waals surface area contributed by atoms with Crippen LogP contribution in [0.4, 0.5) is 5.69 Å². The summed E-state index contributed by atoms with van der Waals surface area (Å²) in [7, 11) is 3.14. The average Bonchev–Trinajstić information content (AvgIpc) is 2.93. The zero-order chi connectivity index (χ0) is 19.4. The predicted octanol–water partition coefficient (Wildman–Crippen LogP) is 3.31. The fourth-order valence-electron chi connectivity index (χ4n) is 3.03. The summed E-state index contributed by atoms with van der Waals surface area (Å²) in [6, 6.07) is 14.4. The molecule has 0 aromatic heterocycles. The van der Waals surface area contributed by atoms with E-state index in [2.05, 4.69) is 5.32 Å². The van der Waals surface area contributed by atoms with Crippen LogP contribution in [0.2, 0.25) is 0 Å². The summed E-state index contributed by atoms with van der Waals surface area (Å²) in [5, 5.41) is 3.12. The smallest absolute Gasteiger partial charge is 0.278 e. The Morgan fingerprint density at radius 2 is 1.63 bits per heavy atom. The van der Waals surface area contributed by atoms with Crippen molar-refractivity contribution >= 4 is 23.1 Å². The minimum atomic E-state index is -0.335. The van der Waals surface area contributed by atoms with Gasteiger partial charge in [-0.05, 0) is 36.2 Å². The van der Waals surface area contributed by atoms with Crippen LogP contribution in [0.1, 0.15) is 18.9 Å². The van der Waals surface area contributed by atoms with Crippen molar-refractivity contribution in [3.05, 3.63) is 59.8 Å². The van der Waals surface area contributed by atoms with Crippen LogP contribution < -0.4 is 14.8 Å². The molecule has 27 heavy (non-hydrogen) atoms. The summed E-state index contributed by atoms with van der Waals surface area (Å²) >= 11 is 0. The highest BCUT2D eigenvalue weighted by Crippen LogP contribution is 2.33. The van der Waals surface area contributed by atoms with Gasteiger partial charge in [-0.3, -0.25) is 14.5 Å². The molecule has 0 saturated carbocycles. The maximum absolute atomic E-state index is 13.0. The lowest BCUT2D eigenvalue weighted by Crippen LogP contribution is -2.33. The lowest BCUT2D eigenvalue weighted by Gasteiger charge is -2.14. The minimum absolute atomic E-state index is 0.253. The van der Waals surface area contributed by atoms with E-state index >= 15 is 0 Å². The number of amides is 2. The monoisotopic (exact) mass is 366 g/mol. The van der Waals surface area contributed by atoms with E-state index in [1.54, 1.807) is 50.6 Å². The number of anilines is 1. The molecule has 6 heteroatoms. The number of hydrogen-bond donors (Lipinski definition) is 1. The number of imide groups is 1. The Balaban J connectivity index is 2.08. The second-order valence-electron chi connectivity index (χ2n) is 6.07. The van der Waals surface area contributed by atoms with Crippen molar-refractivity contribution in [1.29, 1.82) is 0 Å². The van der Waals surface area contributed by atoms with Gasteiger partial charge in [0.15, 0.2) is 0 Å². The van der Waals surface area contributed by atoms with E-state index in [9.17, 15) is 9.59 Å². The molecule has 0 spiro atoms. The van der Waals surface area contributed by atoms with Crippen molar-refractivity contribution in [2.45, 2.75) is 13.3 Å². The molecule has 0 saturated heterocycles. The molecule has 1 heterocycles. The average molecular weight is 366 g/mol. The number of rotatable bonds is 7. The van der Waals surface area contributed by atoms with Gasteiger partial charge in [-0.1, -0.05) is 31.2 Å². The number of nitrogens with one attached hydrogen (secondary N) is 1. The molecule has 2 aromatic carbocycles. The van der Waals surface area contributed by atoms with E-state index in [1.807, 2.05) is 19.1 Å². The van der Waals surface area contributed by atoms with Gasteiger partial charge in [-0.15, -0.1) is 0 Å². The van der Waals surface area contributed by atoms with Crippen LogP contribution in [0, 0.1) is 0 Å². The fourth-order valence-corrected chi connectivity index (χ4v) is 3.03. The van der Waals surface area contributed by atoms with E-state index in [0.717, 1.165) is 0 Å². The first-order valence-corrected chi connectivity index (χ1v) is 8.75. The molecule has 140 valence electrons. The number of benzene rings is 2. The van der Waals surface area contributed by atoms with Crippen molar-refractivity contribution < 1.29 is 19.1 Å². The Kier molecular flexibility index (Phi) is 5.45. The van der Waals surface area contributed by atoms with Crippen LogP contribution in [-0.4, -0.2) is 37.5 Å². The summed E-state index contributed by atoms with van der Waals surface area (Å²) < 4.78 is 10.5. The number of carbonyl (C=O) groups is 2. The number of hydrogen-bond acceptors (Lipinski definition) is 5. The molecule has 0 radical (unpaired) electrons. The summed E-state index contributed by atoms with van der Waals surface area (Å²) in [6.07, 6.45) is 0.690. The molecule has 2 aromatic rings. The van der Waals surface area contributed by atoms with Crippen LogP contribution in [0.25, 0.3) is 5.57 Å². The number of methoxy groups -OCH3 is 2. The van der Waals surface area contributed by atoms with Crippen LogP contribution in [0.5, 0.6) is 11.5 Å². The quantitative estimate of drug-likeness (QED) is 0.762. The van der Waals surface area contributed by atoms with E-state index in [0.29, 0.717) is 41.3 Å². The lowest BCUT2D eigenvalue weighted by atomic mass is 10.0. The minimum Gasteiger partial charge on any atom is -0.497 e. The summed E-state index contributed by atoms with van der Waals surface area (Å²) in [5.41, 5.74) is 1.88. The van der Waals surface area contributed by atoms with Gasteiger partial charge < -0.3 is 14.8 Å². The van der Waals surface area contributed by atoms with E-state index in [1.165, 1.54) is 4.90 Å². The van der Waals surface area contributed by atoms with Gasteiger partial charge in [0.25, 0.3) is 11.8 Å². The zero-order valence-electron chi connectivity index (χ0n) is 15.6. The van der Waals surface area contributed by atoms with Gasteiger partial charge in [0.2, 0.25) is 0 Å². The van der Waals surface area contributed by atoms with Gasteiger partial charge >= 0.3 is 0 Å². The predicted molar refractivity (Wildman–Crippen MR) is 104 cm³/mol. The Hall–Kier alpha value is -3.28. The summed E-state index contributed by atoms with van der Waals surface area (Å²) in [6.45, 7) is 2.30. The molecular formula is C21H22N2O4. The summed E-state index contributed by atoms with van der Waals surface area (Å²) in [4.78, 5) is 27.2. The van der Waals surface area contributed by atoms with Crippen molar-refractivity contribution in [2.75, 3.05) is 26.1 Å². The molecule has 0 bridgehead atoms. The molecule has 6 nitrogen and oxygen atoms in total. The highest BCUT2D eigenvalue weighted by Gasteiger charge is 2.38. The van der Waals surface area contributed by atoms with Gasteiger partial charge in [-0.25, -0.2) is 0 Å². The topological polar surface area (TPSA) is 67.9 Å². The number of nitrogens with zero attached hydrogens (tertiary/aromatic N) is 1. The van der Waals surface area contributed by atoms with Gasteiger partial charge in [0, 0.05) is 6.54 Å². The van der Waals surface area contributed by atoms with Gasteiger partial charge in [0.05, 0.1) is 25.5 Å². The standard InChI is InChI=1S/C21H22N2O4/c1-4-13-23-20(24)18(14-9-11-15(26-2)12-10-14)19(21(23)25)22-16-7-5-6-8-17(16)27-3/h5-12,22H,4,13H2,1-3H3. The van der Waals surface area contributed by atoms with E-state index < -0.39 is 0 Å². The normalized spacial score (nSPS) is 14.0. The third kappa shape index (κ3) is 3.51. The Morgan fingerprint density at radius 1 is 0.926 bits per heavy atom. The second kappa shape index (κ2) is 7.95. The van der Waals surface area contributed by atoms with Crippen molar-refractivity contribution in [2.24, 2.45) is 0 Å². The van der Waals surface area contributed by atoms with Crippen LogP contribution in [0.15, 0.2) is 54.2 Å². The molecule has 0 fully saturated rings. The maximum atomic E-state index is 13.0. The van der Waals surface area contributed by atoms with Crippen LogP contribution in [0.3, 0.4) is 0 Å². The Morgan fingerprint density at radius 3 is 2.26 bits per heavy atom. The highest BCUT2D eigenvalue weighted by molar-refractivity contribution is 6.36. The maximum Gasteiger partial charge on any atom is 0.278 e. The molecule has 1 N–H and O–H groups in total. The molecule has 0 unspecified atom stereocenters. The van der Waals surface area contributed by atoms with Crippen molar-refractivity contribution in [3.63, 3.8) is 0 Å². The molecule has 0 aliphatic carbocycles. The Labute approximate surface area is 158 Å². The third-order valence-electron chi connectivity index (χ3n) is 4.36. The number of ether oxygens (including phenoxy) is 2. The van der Waals surface area contributed by atoms with Crippen molar-refractivity contribution in [3.8, 4) is 11.5 Å². The zero-order valence-corrected chi connectivity index (χ0v) is 15.6. The third-order valence-corrected chi connectivity index (χ3v) is 4.36. The lowest BCUT2D eigenvalue weighted by molar-refractivity contribution is -0.136. The van der Waals surface area contributed by atoms with E-state index in [4.69, 9.17) is 9.47 Å². The van der Waals surface area contributed by atoms with Crippen LogP contribution in [-0.2, 0) is 9.59 Å². The summed E-state index contributed by atoms with van der Waals surface area (Å²) in [5.74, 6) is 0.636. The SMILES string of the molecule is CCCN1C(=O)C(Nc2ccccc2OC)=C(c2ccc(OC)cc2)C1=O. The fraction of sp³-hybridized carbons (Fsp3) is 0.238. The molecule has 0 atom stereocenters. The molecular weight excluding hydrogens is 344 g/mol. The largest absolute Gasteiger partial charge is 0.497 e. The highest BCUT2D eigenvalue weighted by atomic mass is 16.5. The molecule has 1 aliphatic heterocycles. The molecule has 1 aliphatic rings. The molecule has 2 amide bonds. The number of para-hydroxylation sites is 2. The first-order valence-electron chi connectivity index (χ1n) is 8.75. The first-order chi connectivity index (χ1) is 13.1. The second-order valence-corrected chi connectivity index (χ2v) is 6.07. The van der Waals surface area contributed by atoms with Crippen molar-refractivity contribution in [1.82, 2.24) is 4.90 Å².